The number of anilines is 2. The zero-order valence-electron chi connectivity index (χ0n) is 38.4. The Hall–Kier alpha value is -5.85. The van der Waals surface area contributed by atoms with Crippen molar-refractivity contribution in [2.75, 3.05) is 36.5 Å². The number of nitro groups is 1. The van der Waals surface area contributed by atoms with Crippen LogP contribution in [-0.2, 0) is 10.0 Å². The maximum Gasteiger partial charge on any atom is 0.297 e. The number of H-pyrrole nitrogens is 1. The fourth-order valence-electron chi connectivity index (χ4n) is 11.6. The molecule has 0 bridgehead atoms. The maximum atomic E-state index is 15.5. The summed E-state index contributed by atoms with van der Waals surface area (Å²) in [4.78, 5) is 36.4. The Morgan fingerprint density at radius 3 is 2.50 bits per heavy atom. The second-order valence-corrected chi connectivity index (χ2v) is 21.9. The van der Waals surface area contributed by atoms with E-state index in [0.29, 0.717) is 62.5 Å². The number of fused-ring (bicyclic) bond motifs is 2. The zero-order valence-corrected chi connectivity index (χ0v) is 39.2. The van der Waals surface area contributed by atoms with Crippen LogP contribution in [0.25, 0.3) is 11.0 Å². The number of piperidine rings is 1. The van der Waals surface area contributed by atoms with Crippen molar-refractivity contribution in [3.05, 3.63) is 105 Å². The van der Waals surface area contributed by atoms with E-state index in [9.17, 15) is 32.8 Å². The third kappa shape index (κ3) is 8.74. The van der Waals surface area contributed by atoms with Gasteiger partial charge in [0.05, 0.1) is 32.4 Å². The van der Waals surface area contributed by atoms with E-state index < -0.39 is 54.6 Å². The van der Waals surface area contributed by atoms with Crippen LogP contribution in [0.15, 0.2) is 71.8 Å². The average molecular weight is 954 g/mol. The minimum Gasteiger partial charge on any atom is -0.489 e. The molecule has 10 rings (SSSR count). The molecule has 1 spiro atoms. The smallest absolute Gasteiger partial charge is 0.297 e. The Balaban J connectivity index is 0.874. The molecular weight excluding hydrogens is 897 g/mol. The molecule has 3 aromatic carbocycles. The molecule has 2 saturated carbocycles. The van der Waals surface area contributed by atoms with Crippen LogP contribution in [0.5, 0.6) is 17.2 Å². The number of benzene rings is 3. The number of aromatic nitrogens is 2. The summed E-state index contributed by atoms with van der Waals surface area (Å²) in [5, 5.41) is 26.0. The number of rotatable bonds is 11. The van der Waals surface area contributed by atoms with E-state index in [2.05, 4.69) is 63.2 Å². The Morgan fingerprint density at radius 1 is 1.01 bits per heavy atom. The topological polar surface area (TPSA) is 192 Å². The number of halogens is 2. The Kier molecular flexibility index (Phi) is 11.9. The first-order valence-electron chi connectivity index (χ1n) is 23.7. The number of ether oxygens (including phenoxy) is 2. The third-order valence-corrected chi connectivity index (χ3v) is 16.8. The van der Waals surface area contributed by atoms with E-state index in [4.69, 9.17) is 9.47 Å². The number of nitrogens with zero attached hydrogens (tertiary/aromatic N) is 4. The quantitative estimate of drug-likeness (QED) is 0.0558. The fraction of sp³-hybridized carbons (Fsp3) is 0.480. The normalized spacial score (nSPS) is 24.0. The standard InChI is InChI=1S/C50H57F2N7O8S/c1-29(2)34-7-4-5-8-35(34)40-9-6-18-58(40)32-25-50(26-32)16-19-57(20-17-50)31-10-11-36(42(21-31)67-44-24-37-38(51)27-53-47(37)55-46(44)52)48(60)56-68(64,65)33-22-41(59(62)63)45-43(23-33)66-28-39(54-45)30-12-14-49(3,61)15-13-30/h4-5,7-8,10-11,21-24,27,29-30,32,39-40,54,61H,6,9,12-20,25-26,28H2,1-3H3,(H,53,55)(H,56,60)/t30?,39-,40+,49?/m1/s1. The number of sulfonamides is 1. The molecule has 2 saturated heterocycles. The molecule has 15 nitrogen and oxygen atoms in total. The third-order valence-electron chi connectivity index (χ3n) is 15.4. The largest absolute Gasteiger partial charge is 0.489 e. The van der Waals surface area contributed by atoms with E-state index >= 15 is 4.39 Å². The van der Waals surface area contributed by atoms with E-state index in [-0.39, 0.29) is 57.8 Å². The molecule has 2 aromatic heterocycles. The van der Waals surface area contributed by atoms with Crippen LogP contribution < -0.4 is 24.4 Å². The summed E-state index contributed by atoms with van der Waals surface area (Å²) in [5.74, 6) is -3.20. The van der Waals surface area contributed by atoms with Crippen molar-refractivity contribution in [2.24, 2.45) is 11.3 Å². The number of amides is 1. The minimum atomic E-state index is -4.79. The zero-order chi connectivity index (χ0) is 47.7. The van der Waals surface area contributed by atoms with Crippen molar-refractivity contribution < 1.29 is 41.5 Å². The second kappa shape index (κ2) is 17.6. The fourth-order valence-corrected chi connectivity index (χ4v) is 12.6. The van der Waals surface area contributed by atoms with Crippen molar-refractivity contribution in [3.63, 3.8) is 0 Å². The van der Waals surface area contributed by atoms with Gasteiger partial charge in [-0.15, -0.1) is 0 Å². The van der Waals surface area contributed by atoms with Crippen molar-refractivity contribution in [2.45, 2.75) is 120 Å². The summed E-state index contributed by atoms with van der Waals surface area (Å²) < 4.78 is 72.0. The molecule has 5 aromatic rings. The molecule has 360 valence electrons. The molecule has 0 radical (unpaired) electrons. The van der Waals surface area contributed by atoms with Gasteiger partial charge >= 0.3 is 0 Å². The number of nitro benzene ring substituents is 1. The van der Waals surface area contributed by atoms with Crippen molar-refractivity contribution >= 4 is 44.0 Å². The van der Waals surface area contributed by atoms with Crippen LogP contribution in [-0.4, -0.2) is 83.1 Å². The Bertz CT molecular complexity index is 2880. The minimum absolute atomic E-state index is 0.0239. The van der Waals surface area contributed by atoms with Gasteiger partial charge in [-0.25, -0.2) is 17.5 Å². The number of aliphatic hydroxyl groups is 1. The molecule has 5 aliphatic rings. The van der Waals surface area contributed by atoms with E-state index in [1.807, 2.05) is 4.72 Å². The highest BCUT2D eigenvalue weighted by atomic mass is 32.2. The van der Waals surface area contributed by atoms with Crippen molar-refractivity contribution in [3.8, 4) is 17.2 Å². The Morgan fingerprint density at radius 2 is 1.76 bits per heavy atom. The number of carbonyl (C=O) groups is 1. The summed E-state index contributed by atoms with van der Waals surface area (Å²) >= 11 is 0. The molecule has 18 heteroatoms. The van der Waals surface area contributed by atoms with E-state index in [1.165, 1.54) is 29.7 Å². The highest BCUT2D eigenvalue weighted by Crippen LogP contribution is 2.54. The highest BCUT2D eigenvalue weighted by Gasteiger charge is 2.50. The maximum absolute atomic E-state index is 15.5. The molecule has 4 N–H and O–H groups in total. The van der Waals surface area contributed by atoms with Crippen LogP contribution in [0.4, 0.5) is 25.8 Å². The van der Waals surface area contributed by atoms with Gasteiger partial charge in [-0.3, -0.25) is 19.8 Å². The van der Waals surface area contributed by atoms with Gasteiger partial charge in [-0.1, -0.05) is 38.1 Å². The van der Waals surface area contributed by atoms with Gasteiger partial charge in [0, 0.05) is 55.3 Å². The van der Waals surface area contributed by atoms with Crippen molar-refractivity contribution in [1.29, 1.82) is 0 Å². The van der Waals surface area contributed by atoms with Crippen molar-refractivity contribution in [1.82, 2.24) is 19.6 Å². The number of aromatic amines is 1. The lowest BCUT2D eigenvalue weighted by molar-refractivity contribution is -0.384. The first-order valence-corrected chi connectivity index (χ1v) is 25.2. The number of nitrogens with one attached hydrogen (secondary N) is 3. The van der Waals surface area contributed by atoms with Gasteiger partial charge in [-0.05, 0) is 124 Å². The average Bonchev–Trinajstić information content (AvgIpc) is 3.93. The molecule has 2 aliphatic carbocycles. The van der Waals surface area contributed by atoms with Crippen LogP contribution >= 0.6 is 0 Å². The lowest BCUT2D eigenvalue weighted by Crippen LogP contribution is -2.54. The lowest BCUT2D eigenvalue weighted by Gasteiger charge is -2.56. The Labute approximate surface area is 393 Å². The van der Waals surface area contributed by atoms with Crippen LogP contribution in [0.3, 0.4) is 0 Å². The molecule has 3 aliphatic heterocycles. The number of hydrogen-bond donors (Lipinski definition) is 4. The summed E-state index contributed by atoms with van der Waals surface area (Å²) in [7, 11) is -4.79. The van der Waals surface area contributed by atoms with Crippen LogP contribution in [0.1, 0.15) is 118 Å². The van der Waals surface area contributed by atoms with Gasteiger partial charge in [0.15, 0.2) is 17.2 Å². The number of carbonyl (C=O) groups excluding carboxylic acids is 1. The SMILES string of the molecule is CC(C)c1ccccc1[C@@H]1CCCN1C1CC2(CCN(c3ccc(C(=O)NS(=O)(=O)c4cc5c(c([N+](=O)[O-])c4)N[C@@H](C4CCC(C)(O)CC4)CO5)c(Oc4cc5c(F)c[nH]c5nc4F)c3)CC2)C1. The molecule has 2 atom stereocenters. The lowest BCUT2D eigenvalue weighted by atomic mass is 9.59. The number of likely N-dealkylation sites (tertiary alicyclic amines) is 1. The number of hydrogen-bond acceptors (Lipinski definition) is 12. The van der Waals surface area contributed by atoms with Gasteiger partial charge in [0.1, 0.15) is 23.8 Å². The predicted octanol–water partition coefficient (Wildman–Crippen LogP) is 9.48. The summed E-state index contributed by atoms with van der Waals surface area (Å²) in [6.45, 7) is 8.92. The van der Waals surface area contributed by atoms with Gasteiger partial charge in [0.25, 0.3) is 27.6 Å². The van der Waals surface area contributed by atoms with Crippen LogP contribution in [0, 0.1) is 33.2 Å². The number of pyridine rings is 1. The second-order valence-electron chi connectivity index (χ2n) is 20.2. The van der Waals surface area contributed by atoms with E-state index in [0.717, 1.165) is 63.0 Å². The molecule has 1 amide bonds. The first-order chi connectivity index (χ1) is 32.5. The summed E-state index contributed by atoms with van der Waals surface area (Å²) in [5.41, 5.74) is 2.08. The summed E-state index contributed by atoms with van der Waals surface area (Å²) in [6.07, 6.45) is 10.00. The van der Waals surface area contributed by atoms with Crippen LogP contribution in [0.2, 0.25) is 0 Å². The molecule has 4 fully saturated rings. The van der Waals surface area contributed by atoms with Gasteiger partial charge < -0.3 is 29.8 Å². The highest BCUT2D eigenvalue weighted by molar-refractivity contribution is 7.90. The summed E-state index contributed by atoms with van der Waals surface area (Å²) in [6, 6.07) is 17.2. The molecule has 5 heterocycles. The first kappa shape index (κ1) is 45.9. The molecular formula is C50H57F2N7O8S. The van der Waals surface area contributed by atoms with Gasteiger partial charge in [0.2, 0.25) is 0 Å². The predicted molar refractivity (Wildman–Crippen MR) is 252 cm³/mol. The van der Waals surface area contributed by atoms with E-state index in [1.54, 1.807) is 13.0 Å². The monoisotopic (exact) mass is 953 g/mol. The molecule has 0 unspecified atom stereocenters. The van der Waals surface area contributed by atoms with Gasteiger partial charge in [-0.2, -0.15) is 9.37 Å². The molecule has 68 heavy (non-hydrogen) atoms.